The van der Waals surface area contributed by atoms with Gasteiger partial charge in [0.1, 0.15) is 17.2 Å². The van der Waals surface area contributed by atoms with Crippen LogP contribution in [0.4, 0.5) is 0 Å². The molecule has 6 aromatic carbocycles. The van der Waals surface area contributed by atoms with Crippen molar-refractivity contribution in [2.75, 3.05) is 0 Å². The highest BCUT2D eigenvalue weighted by Gasteiger charge is 2.34. The molecule has 0 aliphatic rings. The highest BCUT2D eigenvalue weighted by atomic mass is 35.5. The fraction of sp³-hybridized carbons (Fsp3) is 0.258. The summed E-state index contributed by atoms with van der Waals surface area (Å²) in [7, 11) is 0. The van der Waals surface area contributed by atoms with E-state index < -0.39 is 95.3 Å². The number of halogens is 1. The quantitative estimate of drug-likeness (QED) is 0.0223. The maximum absolute atomic E-state index is 12.9. The van der Waals surface area contributed by atoms with Gasteiger partial charge in [-0.25, -0.2) is 14.4 Å². The Morgan fingerprint density at radius 3 is 1.09 bits per heavy atom. The lowest BCUT2D eigenvalue weighted by atomic mass is 9.99. The van der Waals surface area contributed by atoms with E-state index in [2.05, 4.69) is 10.6 Å². The number of aliphatic carboxylic acids is 3. The van der Waals surface area contributed by atoms with Gasteiger partial charge in [0.25, 0.3) is 17.1 Å². The Kier molecular flexibility index (Phi) is 28.5. The van der Waals surface area contributed by atoms with Crippen molar-refractivity contribution in [1.29, 1.82) is 0 Å². The van der Waals surface area contributed by atoms with Gasteiger partial charge in [-0.15, -0.1) is 0 Å². The van der Waals surface area contributed by atoms with Gasteiger partial charge in [-0.05, 0) is 105 Å². The van der Waals surface area contributed by atoms with E-state index in [4.69, 9.17) is 51.6 Å². The number of amides is 2. The molecule has 0 radical (unpaired) electrons. The number of benzene rings is 6. The third-order valence-corrected chi connectivity index (χ3v) is 12.3. The number of nitrogens with two attached hydrogens (primary N) is 1. The van der Waals surface area contributed by atoms with Crippen LogP contribution in [0, 0.1) is 20.8 Å². The van der Waals surface area contributed by atoms with Gasteiger partial charge < -0.3 is 60.8 Å². The van der Waals surface area contributed by atoms with Gasteiger partial charge in [-0.2, -0.15) is 0 Å². The van der Waals surface area contributed by atoms with Crippen molar-refractivity contribution in [3.05, 3.63) is 196 Å². The smallest absolute Gasteiger partial charge is 0.347 e. The van der Waals surface area contributed by atoms with Crippen LogP contribution < -0.4 is 30.6 Å². The standard InChI is InChI=1S/C22H23NO7.C20H21NO6.C10H9ClO3.C10H13NO3/c1-13-17(10-7-11-19(13)29-14(2)24)21(26)23-18(12-16-8-5-4-6-9-16)20(22(27)28)30-15(3)25;1-12-15(9-6-10-17(12)27-13(2)22)19(24)21-16(18(23)20(25)26)11-14-7-4-3-5-8-14;1-6-8(10(11)13)4-3-5-9(6)14-7(2)12;11-8(9(12)10(13)14)6-7-4-2-1-3-5-7/h4-11,18,20H,12H2,1-3H3,(H,23,26)(H,27,28);3-10,16,18,23H,11H2,1-2H3,(H,21,24)(H,25,26);3-5H,1-2H3;1-5,8-9,12H,6,11H2,(H,13,14)/t18?,20-;16?,18-;;8?,9-/m00.0/s1. The highest BCUT2D eigenvalue weighted by molar-refractivity contribution is 6.68. The van der Waals surface area contributed by atoms with E-state index in [9.17, 15) is 58.2 Å². The largest absolute Gasteiger partial charge is 0.479 e. The van der Waals surface area contributed by atoms with Gasteiger partial charge in [-0.3, -0.25) is 33.6 Å². The van der Waals surface area contributed by atoms with E-state index in [0.717, 1.165) is 23.6 Å². The molecule has 23 heteroatoms. The maximum atomic E-state index is 12.9. The predicted octanol–water partition coefficient (Wildman–Crippen LogP) is 6.29. The Labute approximate surface area is 494 Å². The number of ether oxygens (including phenoxy) is 4. The zero-order chi connectivity index (χ0) is 63.5. The topological polar surface area (TPSA) is 359 Å². The van der Waals surface area contributed by atoms with Crippen molar-refractivity contribution >= 4 is 70.4 Å². The first kappa shape index (κ1) is 69.7. The summed E-state index contributed by atoms with van der Waals surface area (Å²) >= 11 is 5.34. The second-order valence-corrected chi connectivity index (χ2v) is 19.0. The van der Waals surface area contributed by atoms with Crippen molar-refractivity contribution < 1.29 is 92.4 Å². The molecule has 0 spiro atoms. The SMILES string of the molecule is CC(=O)Oc1cccc(C(=O)Cl)c1C.CC(=O)Oc1cccc(C(=O)NC(Cc2ccccc2)[C@H](O)C(=O)O)c1C.CC(=O)Oc1cccc(C(=O)NC(Cc2ccccc2)[C@H](OC(C)=O)C(=O)O)c1C.NC(Cc1ccccc1)[C@H](O)C(=O)O. The molecular formula is C62H66ClN3O19. The zero-order valence-electron chi connectivity index (χ0n) is 47.3. The molecule has 85 heavy (non-hydrogen) atoms. The van der Waals surface area contributed by atoms with Gasteiger partial charge >= 0.3 is 41.8 Å². The molecule has 9 N–H and O–H groups in total. The predicted molar refractivity (Wildman–Crippen MR) is 309 cm³/mol. The molecule has 0 fully saturated rings. The molecule has 0 aliphatic heterocycles. The molecule has 2 amide bonds. The number of carbonyl (C=O) groups excluding carboxylic acids is 7. The molecule has 22 nitrogen and oxygen atoms in total. The Bertz CT molecular complexity index is 3290. The number of rotatable bonds is 21. The van der Waals surface area contributed by atoms with E-state index in [1.807, 2.05) is 42.5 Å². The summed E-state index contributed by atoms with van der Waals surface area (Å²) in [6.07, 6.45) is -4.23. The molecule has 0 aromatic heterocycles. The lowest BCUT2D eigenvalue weighted by molar-refractivity contribution is -0.164. The summed E-state index contributed by atoms with van der Waals surface area (Å²) < 4.78 is 20.0. The van der Waals surface area contributed by atoms with Crippen LogP contribution in [0.1, 0.15) is 92.1 Å². The average Bonchev–Trinajstić information content (AvgIpc) is 3.15. The number of esters is 4. The van der Waals surface area contributed by atoms with Gasteiger partial charge in [0, 0.05) is 67.1 Å². The Morgan fingerprint density at radius 2 is 0.765 bits per heavy atom. The summed E-state index contributed by atoms with van der Waals surface area (Å²) in [6, 6.07) is 38.3. The molecular weight excluding hydrogens is 1130 g/mol. The molecule has 0 heterocycles. The van der Waals surface area contributed by atoms with Crippen LogP contribution in [0.5, 0.6) is 17.2 Å². The first-order valence-corrected chi connectivity index (χ1v) is 26.2. The number of hydrogen-bond donors (Lipinski definition) is 8. The second kappa shape index (κ2) is 34.7. The van der Waals surface area contributed by atoms with E-state index in [1.165, 1.54) is 32.9 Å². The van der Waals surface area contributed by atoms with Crippen LogP contribution >= 0.6 is 11.6 Å². The Hall–Kier alpha value is -9.61. The number of hydrogen-bond acceptors (Lipinski definition) is 17. The zero-order valence-corrected chi connectivity index (χ0v) is 48.1. The van der Waals surface area contributed by atoms with Gasteiger partial charge in [0.15, 0.2) is 12.2 Å². The van der Waals surface area contributed by atoms with Gasteiger partial charge in [-0.1, -0.05) is 109 Å². The van der Waals surface area contributed by atoms with Crippen molar-refractivity contribution in [2.45, 2.75) is 104 Å². The van der Waals surface area contributed by atoms with Crippen molar-refractivity contribution in [3.8, 4) is 17.2 Å². The van der Waals surface area contributed by atoms with Gasteiger partial charge in [0.05, 0.1) is 12.1 Å². The molecule has 0 bridgehead atoms. The highest BCUT2D eigenvalue weighted by Crippen LogP contribution is 2.25. The van der Waals surface area contributed by atoms with E-state index in [0.29, 0.717) is 34.4 Å². The first-order valence-electron chi connectivity index (χ1n) is 25.9. The molecule has 6 atom stereocenters. The number of aliphatic hydroxyl groups is 2. The molecule has 0 saturated heterocycles. The van der Waals surface area contributed by atoms with Crippen LogP contribution in [0.2, 0.25) is 0 Å². The fourth-order valence-electron chi connectivity index (χ4n) is 7.88. The normalized spacial score (nSPS) is 12.4. The van der Waals surface area contributed by atoms with E-state index in [-0.39, 0.29) is 35.5 Å². The summed E-state index contributed by atoms with van der Waals surface area (Å²) in [5, 5.41) is 51.0. The van der Waals surface area contributed by atoms with Crippen molar-refractivity contribution in [3.63, 3.8) is 0 Å². The number of carboxylic acid groups (broad SMARTS) is 3. The van der Waals surface area contributed by atoms with E-state index >= 15 is 0 Å². The van der Waals surface area contributed by atoms with Crippen LogP contribution in [0.15, 0.2) is 146 Å². The Morgan fingerprint density at radius 1 is 0.435 bits per heavy atom. The molecule has 6 rings (SSSR count). The molecule has 0 aliphatic carbocycles. The first-order chi connectivity index (χ1) is 40.1. The number of carbonyl (C=O) groups is 10. The minimum Gasteiger partial charge on any atom is -0.479 e. The Balaban J connectivity index is 0.000000313. The molecule has 0 saturated carbocycles. The van der Waals surface area contributed by atoms with Crippen LogP contribution in [0.3, 0.4) is 0 Å². The monoisotopic (exact) mass is 1190 g/mol. The molecule has 3 unspecified atom stereocenters. The summed E-state index contributed by atoms with van der Waals surface area (Å²) in [4.78, 5) is 114. The van der Waals surface area contributed by atoms with Crippen LogP contribution in [0.25, 0.3) is 0 Å². The summed E-state index contributed by atoms with van der Waals surface area (Å²) in [5.74, 6) is -6.65. The molecule has 450 valence electrons. The minimum absolute atomic E-state index is 0.125. The van der Waals surface area contributed by atoms with E-state index in [1.54, 1.807) is 112 Å². The maximum Gasteiger partial charge on any atom is 0.347 e. The minimum atomic E-state index is -1.77. The van der Waals surface area contributed by atoms with Crippen molar-refractivity contribution in [1.82, 2.24) is 10.6 Å². The number of aliphatic hydroxyl groups excluding tert-OH is 2. The number of nitrogens with one attached hydrogen (secondary N) is 2. The average molecular weight is 1190 g/mol. The van der Waals surface area contributed by atoms with Crippen molar-refractivity contribution in [2.24, 2.45) is 5.73 Å². The van der Waals surface area contributed by atoms with Crippen LogP contribution in [-0.4, -0.2) is 121 Å². The summed E-state index contributed by atoms with van der Waals surface area (Å²) in [5.41, 5.74) is 10.2. The second-order valence-electron chi connectivity index (χ2n) is 18.7. The van der Waals surface area contributed by atoms with Gasteiger partial charge in [0.2, 0.25) is 6.10 Å². The molecule has 6 aromatic rings. The number of carboxylic acids is 3. The third-order valence-electron chi connectivity index (χ3n) is 12.1. The lowest BCUT2D eigenvalue weighted by Crippen LogP contribution is -2.50. The third kappa shape index (κ3) is 23.6. The fourth-order valence-corrected chi connectivity index (χ4v) is 8.09. The lowest BCUT2D eigenvalue weighted by Gasteiger charge is -2.25. The summed E-state index contributed by atoms with van der Waals surface area (Å²) in [6.45, 7) is 9.81. The van der Waals surface area contributed by atoms with Crippen LogP contribution in [-0.2, 0) is 57.6 Å².